The topological polar surface area (TPSA) is 77.6 Å². The average Bonchev–Trinajstić information content (AvgIpc) is 3.16. The number of fused-ring (bicyclic) bond motifs is 1. The van der Waals surface area contributed by atoms with Gasteiger partial charge in [-0.2, -0.15) is 0 Å². The van der Waals surface area contributed by atoms with Crippen LogP contribution < -0.4 is 15.5 Å². The van der Waals surface area contributed by atoms with Crippen molar-refractivity contribution < 1.29 is 9.59 Å². The van der Waals surface area contributed by atoms with E-state index >= 15 is 0 Å². The SMILES string of the molecule is CN1CCCC1CCNC(=O)c1cnc2c(c1)N(Cc1ccc(Cl)cc1)C(=O)CN2. The largest absolute Gasteiger partial charge is 0.359 e. The first-order valence-corrected chi connectivity index (χ1v) is 10.7. The molecule has 30 heavy (non-hydrogen) atoms. The second-order valence-electron chi connectivity index (χ2n) is 7.87. The zero-order chi connectivity index (χ0) is 21.1. The summed E-state index contributed by atoms with van der Waals surface area (Å²) in [6, 6.07) is 9.65. The molecule has 2 aliphatic heterocycles. The van der Waals surface area contributed by atoms with E-state index in [2.05, 4.69) is 27.6 Å². The van der Waals surface area contributed by atoms with E-state index in [0.717, 1.165) is 18.5 Å². The van der Waals surface area contributed by atoms with Crippen LogP contribution in [0.1, 0.15) is 35.2 Å². The smallest absolute Gasteiger partial charge is 0.252 e. The van der Waals surface area contributed by atoms with Crippen LogP contribution in [0.5, 0.6) is 0 Å². The highest BCUT2D eigenvalue weighted by Gasteiger charge is 2.26. The van der Waals surface area contributed by atoms with Crippen LogP contribution in [0.4, 0.5) is 11.5 Å². The number of anilines is 2. The van der Waals surface area contributed by atoms with Gasteiger partial charge in [-0.3, -0.25) is 9.59 Å². The van der Waals surface area contributed by atoms with Gasteiger partial charge in [0.2, 0.25) is 5.91 Å². The Kier molecular flexibility index (Phi) is 6.20. The van der Waals surface area contributed by atoms with Crippen molar-refractivity contribution in [3.8, 4) is 0 Å². The standard InChI is InChI=1S/C22H26ClN5O2/c1-27-10-2-3-18(27)8-9-24-22(30)16-11-19-21(25-12-16)26-13-20(29)28(19)14-15-4-6-17(23)7-5-15/h4-7,11-12,18H,2-3,8-10,13-14H2,1H3,(H,24,30)(H,25,26). The third-order valence-electron chi connectivity index (χ3n) is 5.82. The fourth-order valence-corrected chi connectivity index (χ4v) is 4.18. The third-order valence-corrected chi connectivity index (χ3v) is 6.07. The number of halogens is 1. The van der Waals surface area contributed by atoms with Crippen LogP contribution in [0.2, 0.25) is 5.02 Å². The van der Waals surface area contributed by atoms with Crippen LogP contribution in [0.25, 0.3) is 0 Å². The van der Waals surface area contributed by atoms with Gasteiger partial charge in [0.15, 0.2) is 5.82 Å². The number of nitrogens with one attached hydrogen (secondary N) is 2. The number of carbonyl (C=O) groups excluding carboxylic acids is 2. The molecule has 1 aromatic heterocycles. The number of benzene rings is 1. The molecule has 1 aromatic carbocycles. The molecular formula is C22H26ClN5O2. The molecule has 2 N–H and O–H groups in total. The van der Waals surface area contributed by atoms with E-state index in [1.54, 1.807) is 29.3 Å². The normalized spacial score (nSPS) is 18.8. The number of aromatic nitrogens is 1. The quantitative estimate of drug-likeness (QED) is 0.741. The van der Waals surface area contributed by atoms with Crippen LogP contribution in [0.15, 0.2) is 36.5 Å². The highest BCUT2D eigenvalue weighted by molar-refractivity contribution is 6.30. The summed E-state index contributed by atoms with van der Waals surface area (Å²) in [6.45, 7) is 2.31. The second kappa shape index (κ2) is 9.02. The minimum Gasteiger partial charge on any atom is -0.359 e. The van der Waals surface area contributed by atoms with E-state index in [4.69, 9.17) is 11.6 Å². The molecule has 2 amide bonds. The van der Waals surface area contributed by atoms with Gasteiger partial charge in [-0.05, 0) is 56.6 Å². The van der Waals surface area contributed by atoms with Gasteiger partial charge in [0.1, 0.15) is 0 Å². The first kappa shape index (κ1) is 20.6. The van der Waals surface area contributed by atoms with Crippen LogP contribution >= 0.6 is 11.6 Å². The van der Waals surface area contributed by atoms with Crippen LogP contribution in [0.3, 0.4) is 0 Å². The summed E-state index contributed by atoms with van der Waals surface area (Å²) in [4.78, 5) is 33.6. The summed E-state index contributed by atoms with van der Waals surface area (Å²) >= 11 is 5.96. The van der Waals surface area contributed by atoms with E-state index in [0.29, 0.717) is 41.2 Å². The van der Waals surface area contributed by atoms with Gasteiger partial charge >= 0.3 is 0 Å². The minimum atomic E-state index is -0.171. The van der Waals surface area contributed by atoms with Crippen LogP contribution in [-0.4, -0.2) is 54.4 Å². The maximum Gasteiger partial charge on any atom is 0.252 e. The lowest BCUT2D eigenvalue weighted by Crippen LogP contribution is -2.40. The van der Waals surface area contributed by atoms with Crippen molar-refractivity contribution in [2.45, 2.75) is 31.8 Å². The van der Waals surface area contributed by atoms with E-state index in [9.17, 15) is 9.59 Å². The summed E-state index contributed by atoms with van der Waals surface area (Å²) in [5.74, 6) is 0.365. The Morgan fingerprint density at radius 1 is 1.33 bits per heavy atom. The van der Waals surface area contributed by atoms with Crippen molar-refractivity contribution in [1.29, 1.82) is 0 Å². The van der Waals surface area contributed by atoms with Gasteiger partial charge in [0, 0.05) is 23.8 Å². The van der Waals surface area contributed by atoms with E-state index in [-0.39, 0.29) is 18.4 Å². The summed E-state index contributed by atoms with van der Waals surface area (Å²) in [7, 11) is 2.13. The number of amides is 2. The van der Waals surface area contributed by atoms with Gasteiger partial charge in [-0.15, -0.1) is 0 Å². The van der Waals surface area contributed by atoms with Gasteiger partial charge in [-0.25, -0.2) is 4.98 Å². The lowest BCUT2D eigenvalue weighted by Gasteiger charge is -2.30. The van der Waals surface area contributed by atoms with Crippen molar-refractivity contribution in [2.24, 2.45) is 0 Å². The Morgan fingerprint density at radius 2 is 2.13 bits per heavy atom. The lowest BCUT2D eigenvalue weighted by atomic mass is 10.1. The number of likely N-dealkylation sites (tertiary alicyclic amines) is 1. The minimum absolute atomic E-state index is 0.0684. The maximum atomic E-state index is 12.7. The molecule has 4 rings (SSSR count). The molecule has 8 heteroatoms. The first-order chi connectivity index (χ1) is 14.5. The molecule has 0 aliphatic carbocycles. The summed E-state index contributed by atoms with van der Waals surface area (Å²) in [5.41, 5.74) is 2.02. The number of rotatable bonds is 6. The molecule has 0 saturated carbocycles. The lowest BCUT2D eigenvalue weighted by molar-refractivity contribution is -0.117. The number of hydrogen-bond acceptors (Lipinski definition) is 5. The molecule has 1 atom stereocenters. The third kappa shape index (κ3) is 4.57. The number of hydrogen-bond donors (Lipinski definition) is 2. The Bertz CT molecular complexity index is 934. The fourth-order valence-electron chi connectivity index (χ4n) is 4.05. The predicted molar refractivity (Wildman–Crippen MR) is 118 cm³/mol. The van der Waals surface area contributed by atoms with E-state index in [1.165, 1.54) is 12.8 Å². The van der Waals surface area contributed by atoms with Gasteiger partial charge in [0.25, 0.3) is 5.91 Å². The predicted octanol–water partition coefficient (Wildman–Crippen LogP) is 2.91. The monoisotopic (exact) mass is 427 g/mol. The van der Waals surface area contributed by atoms with Crippen molar-refractivity contribution in [3.05, 3.63) is 52.7 Å². The van der Waals surface area contributed by atoms with E-state index < -0.39 is 0 Å². The summed E-state index contributed by atoms with van der Waals surface area (Å²) < 4.78 is 0. The molecule has 0 bridgehead atoms. The fraction of sp³-hybridized carbons (Fsp3) is 0.409. The highest BCUT2D eigenvalue weighted by atomic mass is 35.5. The molecule has 1 fully saturated rings. The Balaban J connectivity index is 1.46. The van der Waals surface area contributed by atoms with Gasteiger partial charge < -0.3 is 20.4 Å². The number of carbonyl (C=O) groups is 2. The molecule has 158 valence electrons. The highest BCUT2D eigenvalue weighted by Crippen LogP contribution is 2.30. The molecular weight excluding hydrogens is 402 g/mol. The average molecular weight is 428 g/mol. The second-order valence-corrected chi connectivity index (χ2v) is 8.31. The summed E-state index contributed by atoms with van der Waals surface area (Å²) in [6.07, 6.45) is 4.89. The molecule has 7 nitrogen and oxygen atoms in total. The zero-order valence-electron chi connectivity index (χ0n) is 17.0. The number of nitrogens with zero attached hydrogens (tertiary/aromatic N) is 3. The Morgan fingerprint density at radius 3 is 2.87 bits per heavy atom. The molecule has 0 radical (unpaired) electrons. The molecule has 0 spiro atoms. The maximum absolute atomic E-state index is 12.7. The van der Waals surface area contributed by atoms with Crippen LogP contribution in [0, 0.1) is 0 Å². The molecule has 1 unspecified atom stereocenters. The summed E-state index contributed by atoms with van der Waals surface area (Å²) in [5, 5.41) is 6.67. The van der Waals surface area contributed by atoms with Crippen molar-refractivity contribution >= 4 is 34.9 Å². The van der Waals surface area contributed by atoms with Crippen LogP contribution in [-0.2, 0) is 11.3 Å². The van der Waals surface area contributed by atoms with Crippen molar-refractivity contribution in [2.75, 3.05) is 36.9 Å². The first-order valence-electron chi connectivity index (χ1n) is 10.3. The van der Waals surface area contributed by atoms with E-state index in [1.807, 2.05) is 12.1 Å². The molecule has 2 aliphatic rings. The molecule has 2 aromatic rings. The number of pyridine rings is 1. The van der Waals surface area contributed by atoms with Crippen molar-refractivity contribution in [3.63, 3.8) is 0 Å². The zero-order valence-corrected chi connectivity index (χ0v) is 17.8. The van der Waals surface area contributed by atoms with Crippen molar-refractivity contribution in [1.82, 2.24) is 15.2 Å². The molecule has 1 saturated heterocycles. The Labute approximate surface area is 181 Å². The van der Waals surface area contributed by atoms with Gasteiger partial charge in [-0.1, -0.05) is 23.7 Å². The Hall–Kier alpha value is -2.64. The van der Waals surface area contributed by atoms with Gasteiger partial charge in [0.05, 0.1) is 24.3 Å². The molecule has 3 heterocycles.